The maximum atomic E-state index is 6.02. The van der Waals surface area contributed by atoms with Crippen LogP contribution in [0.3, 0.4) is 0 Å². The van der Waals surface area contributed by atoms with Crippen molar-refractivity contribution in [2.75, 3.05) is 0 Å². The largest absolute Gasteiger partial charge is 0.147 e. The Morgan fingerprint density at radius 2 is 1.87 bits per heavy atom. The van der Waals surface area contributed by atoms with Gasteiger partial charge in [0.2, 0.25) is 0 Å². The van der Waals surface area contributed by atoms with Crippen molar-refractivity contribution in [3.8, 4) is 0 Å². The molecule has 1 rings (SSSR count). The van der Waals surface area contributed by atoms with E-state index in [9.17, 15) is 0 Å². The predicted octanol–water partition coefficient (Wildman–Crippen LogP) is 3.83. The zero-order valence-electron chi connectivity index (χ0n) is 9.66. The maximum absolute atomic E-state index is 6.02. The van der Waals surface area contributed by atoms with E-state index in [-0.39, 0.29) is 30.9 Å². The van der Waals surface area contributed by atoms with Crippen LogP contribution in [0.15, 0.2) is 21.6 Å². The molecule has 1 atom stereocenters. The molecule has 0 aromatic rings. The van der Waals surface area contributed by atoms with E-state index in [1.54, 1.807) is 0 Å². The normalized spacial score (nSPS) is 17.0. The maximum Gasteiger partial charge on any atom is -0.147 e. The van der Waals surface area contributed by atoms with Crippen molar-refractivity contribution in [2.24, 2.45) is 0 Å². The summed E-state index contributed by atoms with van der Waals surface area (Å²) in [6.07, 6.45) is 5.81. The van der Waals surface area contributed by atoms with Gasteiger partial charge in [0.1, 0.15) is 0 Å². The first-order valence-electron chi connectivity index (χ1n) is 4.69. The summed E-state index contributed by atoms with van der Waals surface area (Å²) in [4.78, 5) is 0. The van der Waals surface area contributed by atoms with Gasteiger partial charge < -0.3 is 0 Å². The van der Waals surface area contributed by atoms with Crippen LogP contribution in [0.2, 0.25) is 19.6 Å². The topological polar surface area (TPSA) is 9.23 Å². The number of hydrogen-bond acceptors (Lipinski definition) is 1. The van der Waals surface area contributed by atoms with E-state index in [1.165, 1.54) is 9.45 Å². The molecular formula is C10H19Cl2OSiTi. The molecule has 0 N–H and O–H groups in total. The first kappa shape index (κ1) is 18.3. The summed E-state index contributed by atoms with van der Waals surface area (Å²) >= 11 is 2.19. The molecule has 15 heavy (non-hydrogen) atoms. The third-order valence-electron chi connectivity index (χ3n) is 1.94. The van der Waals surface area contributed by atoms with Crippen LogP contribution in [0.25, 0.3) is 0 Å². The zero-order chi connectivity index (χ0) is 10.1. The Labute approximate surface area is 118 Å². The molecule has 0 spiro atoms. The minimum Gasteiger partial charge on any atom is -0.147 e. The second-order valence-corrected chi connectivity index (χ2v) is 9.82. The average molecular weight is 302 g/mol. The molecule has 0 radical (unpaired) electrons. The predicted molar refractivity (Wildman–Crippen MR) is 69.2 cm³/mol. The first-order valence-corrected chi connectivity index (χ1v) is 8.88. The summed E-state index contributed by atoms with van der Waals surface area (Å²) in [6, 6.07) is 0. The molecule has 5 heteroatoms. The van der Waals surface area contributed by atoms with E-state index in [0.29, 0.717) is 0 Å². The van der Waals surface area contributed by atoms with Crippen LogP contribution in [0.4, 0.5) is 0 Å². The summed E-state index contributed by atoms with van der Waals surface area (Å²) in [5.74, 6) is 0. The van der Waals surface area contributed by atoms with Gasteiger partial charge in [0.05, 0.1) is 0 Å². The minimum absolute atomic E-state index is 0. The first-order chi connectivity index (χ1) is 5.90. The molecule has 0 aliphatic heterocycles. The molecule has 0 saturated heterocycles. The Morgan fingerprint density at radius 1 is 1.33 bits per heavy atom. The van der Waals surface area contributed by atoms with E-state index in [1.807, 2.05) is 0 Å². The number of allylic oxidation sites excluding steroid dienone is 2. The van der Waals surface area contributed by atoms with Crippen LogP contribution in [-0.2, 0) is 24.9 Å². The summed E-state index contributed by atoms with van der Waals surface area (Å²) < 4.78 is 7.49. The number of rotatable bonds is 3. The van der Waals surface area contributed by atoms with Gasteiger partial charge in [-0.05, 0) is 0 Å². The standard InChI is InChI=1S/C10H17OSi.2ClH.Ti/c1-9(11-12(2,3)4)10-7-5-6-8-10;;;/h5,7,9H,6H2,1-4H3;2*1H;. The van der Waals surface area contributed by atoms with Crippen molar-refractivity contribution in [1.82, 2.24) is 0 Å². The van der Waals surface area contributed by atoms with Crippen molar-refractivity contribution in [3.05, 3.63) is 21.6 Å². The molecule has 0 aromatic heterocycles. The van der Waals surface area contributed by atoms with Gasteiger partial charge in [0, 0.05) is 0 Å². The van der Waals surface area contributed by atoms with Gasteiger partial charge in [-0.15, -0.1) is 24.8 Å². The quantitative estimate of drug-likeness (QED) is 0.720. The molecule has 0 aromatic carbocycles. The fourth-order valence-corrected chi connectivity index (χ4v) is 3.32. The summed E-state index contributed by atoms with van der Waals surface area (Å²) in [5, 5.41) is 0. The molecule has 1 unspecified atom stereocenters. The molecule has 1 aliphatic carbocycles. The summed E-state index contributed by atoms with van der Waals surface area (Å²) in [6.45, 7) is 8.86. The molecule has 0 fully saturated rings. The molecule has 87 valence electrons. The fraction of sp³-hybridized carbons (Fsp3) is 0.600. The summed E-state index contributed by atoms with van der Waals surface area (Å²) in [5.41, 5.74) is 1.39. The second kappa shape index (κ2) is 7.31. The molecule has 0 heterocycles. The van der Waals surface area contributed by atoms with Crippen LogP contribution >= 0.6 is 24.8 Å². The molecular weight excluding hydrogens is 283 g/mol. The van der Waals surface area contributed by atoms with Crippen molar-refractivity contribution in [2.45, 2.75) is 39.1 Å². The zero-order valence-corrected chi connectivity index (χ0v) is 13.9. The van der Waals surface area contributed by atoms with Gasteiger partial charge >= 0.3 is 93.9 Å². The van der Waals surface area contributed by atoms with Crippen LogP contribution in [0, 0.1) is 0 Å². The monoisotopic (exact) mass is 301 g/mol. The molecule has 1 aliphatic rings. The van der Waals surface area contributed by atoms with E-state index in [4.69, 9.17) is 4.43 Å². The van der Waals surface area contributed by atoms with Gasteiger partial charge in [-0.25, -0.2) is 0 Å². The average Bonchev–Trinajstić information content (AvgIpc) is 2.30. The Balaban J connectivity index is 0. The van der Waals surface area contributed by atoms with Crippen molar-refractivity contribution < 1.29 is 24.9 Å². The number of hydrogen-bond donors (Lipinski definition) is 0. The van der Waals surface area contributed by atoms with Gasteiger partial charge in [-0.3, -0.25) is 0 Å². The van der Waals surface area contributed by atoms with Gasteiger partial charge in [0.25, 0.3) is 0 Å². The summed E-state index contributed by atoms with van der Waals surface area (Å²) in [7, 11) is -1.39. The Bertz CT molecular complexity index is 259. The van der Waals surface area contributed by atoms with Crippen molar-refractivity contribution >= 4 is 33.1 Å². The third-order valence-corrected chi connectivity index (χ3v) is 3.77. The SMILES string of the molecule is CC(O[Si](C)(C)C)C1=[C]([Ti])CC=C1.Cl.Cl. The minimum atomic E-state index is -1.39. The number of halogens is 2. The van der Waals surface area contributed by atoms with Crippen molar-refractivity contribution in [1.29, 1.82) is 0 Å². The van der Waals surface area contributed by atoms with Gasteiger partial charge in [-0.1, -0.05) is 0 Å². The van der Waals surface area contributed by atoms with Crippen LogP contribution < -0.4 is 0 Å². The molecule has 0 amide bonds. The Kier molecular flexibility index (Phi) is 8.93. The second-order valence-electron chi connectivity index (χ2n) is 4.41. The molecule has 0 saturated carbocycles. The molecule has 1 nitrogen and oxygen atoms in total. The third kappa shape index (κ3) is 6.30. The molecule has 0 bridgehead atoms. The van der Waals surface area contributed by atoms with Crippen LogP contribution in [0.5, 0.6) is 0 Å². The van der Waals surface area contributed by atoms with Gasteiger partial charge in [-0.2, -0.15) is 0 Å². The fourth-order valence-electron chi connectivity index (χ4n) is 1.50. The van der Waals surface area contributed by atoms with E-state index >= 15 is 0 Å². The van der Waals surface area contributed by atoms with Crippen molar-refractivity contribution in [3.63, 3.8) is 0 Å². The van der Waals surface area contributed by atoms with E-state index in [2.05, 4.69) is 59.2 Å². The Hall–Kier alpha value is 0.951. The van der Waals surface area contributed by atoms with E-state index in [0.717, 1.165) is 6.42 Å². The van der Waals surface area contributed by atoms with Gasteiger partial charge in [0.15, 0.2) is 0 Å². The van der Waals surface area contributed by atoms with Crippen LogP contribution in [-0.4, -0.2) is 14.4 Å². The Morgan fingerprint density at radius 3 is 2.20 bits per heavy atom. The van der Waals surface area contributed by atoms with E-state index < -0.39 is 8.32 Å². The van der Waals surface area contributed by atoms with Crippen LogP contribution in [0.1, 0.15) is 13.3 Å². The smallest absolute Gasteiger partial charge is 0.147 e.